The summed E-state index contributed by atoms with van der Waals surface area (Å²) in [5.74, 6) is -0.487. The van der Waals surface area contributed by atoms with Crippen molar-refractivity contribution in [3.8, 4) is 0 Å². The van der Waals surface area contributed by atoms with Gasteiger partial charge in [-0.25, -0.2) is 9.37 Å². The smallest absolute Gasteiger partial charge is 0.274 e. The Hall–Kier alpha value is -2.05. The molecular formula is C14H13ClFN3O2. The fraction of sp³-hybridized carbons (Fsp3) is 0.214. The zero-order valence-corrected chi connectivity index (χ0v) is 11.8. The number of nitrogens with one attached hydrogen (secondary N) is 1. The first-order valence-corrected chi connectivity index (χ1v) is 6.68. The summed E-state index contributed by atoms with van der Waals surface area (Å²) in [5.41, 5.74) is 1.24. The van der Waals surface area contributed by atoms with Crippen molar-refractivity contribution in [3.63, 3.8) is 0 Å². The average Bonchev–Trinajstić information content (AvgIpc) is 2.45. The first kappa shape index (κ1) is 15.3. The highest BCUT2D eigenvalue weighted by molar-refractivity contribution is 6.29. The summed E-state index contributed by atoms with van der Waals surface area (Å²) >= 11 is 5.69. The molecule has 0 aliphatic rings. The lowest BCUT2D eigenvalue weighted by atomic mass is 10.1. The van der Waals surface area contributed by atoms with E-state index in [4.69, 9.17) is 11.6 Å². The number of nitrogens with zero attached hydrogens (tertiary/aromatic N) is 2. The number of nitro groups is 1. The summed E-state index contributed by atoms with van der Waals surface area (Å²) in [4.78, 5) is 14.3. The topological polar surface area (TPSA) is 68.1 Å². The Balaban J connectivity index is 1.90. The molecule has 0 aliphatic carbocycles. The molecule has 1 aromatic carbocycles. The van der Waals surface area contributed by atoms with E-state index in [1.165, 1.54) is 12.1 Å². The molecule has 2 aromatic rings. The van der Waals surface area contributed by atoms with Crippen LogP contribution in [0, 0.1) is 15.9 Å². The molecule has 0 spiro atoms. The number of nitro benzene ring substituents is 1. The van der Waals surface area contributed by atoms with Gasteiger partial charge in [0, 0.05) is 24.4 Å². The molecule has 1 aromatic heterocycles. The van der Waals surface area contributed by atoms with Crippen LogP contribution in [0.15, 0.2) is 36.5 Å². The fourth-order valence-electron chi connectivity index (χ4n) is 1.88. The SMILES string of the molecule is O=[N+]([O-])c1ccc(F)cc1CNCCc1ccc(Cl)nc1. The third-order valence-corrected chi connectivity index (χ3v) is 3.16. The summed E-state index contributed by atoms with van der Waals surface area (Å²) in [7, 11) is 0. The predicted octanol–water partition coefficient (Wildman–Crippen LogP) is 3.11. The van der Waals surface area contributed by atoms with Gasteiger partial charge < -0.3 is 5.32 Å². The van der Waals surface area contributed by atoms with E-state index in [-0.39, 0.29) is 12.2 Å². The van der Waals surface area contributed by atoms with Crippen molar-refractivity contribution in [1.82, 2.24) is 10.3 Å². The quantitative estimate of drug-likeness (QED) is 0.385. The van der Waals surface area contributed by atoms with Gasteiger partial charge in [-0.05, 0) is 36.7 Å². The van der Waals surface area contributed by atoms with Gasteiger partial charge >= 0.3 is 0 Å². The van der Waals surface area contributed by atoms with E-state index < -0.39 is 10.7 Å². The minimum Gasteiger partial charge on any atom is -0.312 e. The van der Waals surface area contributed by atoms with Crippen LogP contribution >= 0.6 is 11.6 Å². The lowest BCUT2D eigenvalue weighted by Gasteiger charge is -2.06. The molecule has 1 heterocycles. The minimum atomic E-state index is -0.514. The Bertz CT molecular complexity index is 635. The Morgan fingerprint density at radius 3 is 2.81 bits per heavy atom. The standard InChI is InChI=1S/C14H13ClFN3O2/c15-14-4-1-10(8-18-14)5-6-17-9-11-7-12(16)2-3-13(11)19(20)21/h1-4,7-8,17H,5-6,9H2. The second-order valence-corrected chi connectivity index (χ2v) is 4.83. The molecule has 7 heteroatoms. The normalized spacial score (nSPS) is 10.6. The number of halogens is 2. The summed E-state index contributed by atoms with van der Waals surface area (Å²) < 4.78 is 13.2. The maximum absolute atomic E-state index is 13.2. The van der Waals surface area contributed by atoms with Gasteiger partial charge in [-0.1, -0.05) is 17.7 Å². The van der Waals surface area contributed by atoms with Gasteiger partial charge in [0.2, 0.25) is 0 Å². The van der Waals surface area contributed by atoms with E-state index in [1.807, 2.05) is 6.07 Å². The lowest BCUT2D eigenvalue weighted by Crippen LogP contribution is -2.17. The Kier molecular flexibility index (Phi) is 5.19. The van der Waals surface area contributed by atoms with Crippen LogP contribution in [0.4, 0.5) is 10.1 Å². The Morgan fingerprint density at radius 2 is 2.14 bits per heavy atom. The zero-order valence-electron chi connectivity index (χ0n) is 11.1. The van der Waals surface area contributed by atoms with Crippen LogP contribution in [-0.4, -0.2) is 16.5 Å². The van der Waals surface area contributed by atoms with E-state index in [0.717, 1.165) is 11.6 Å². The van der Waals surface area contributed by atoms with Crippen LogP contribution in [0.3, 0.4) is 0 Å². The molecule has 0 radical (unpaired) electrons. The Morgan fingerprint density at radius 1 is 1.33 bits per heavy atom. The number of rotatable bonds is 6. The van der Waals surface area contributed by atoms with Crippen molar-refractivity contribution >= 4 is 17.3 Å². The van der Waals surface area contributed by atoms with E-state index in [2.05, 4.69) is 10.3 Å². The van der Waals surface area contributed by atoms with Gasteiger partial charge in [0.15, 0.2) is 0 Å². The van der Waals surface area contributed by atoms with Gasteiger partial charge in [-0.3, -0.25) is 10.1 Å². The van der Waals surface area contributed by atoms with E-state index in [0.29, 0.717) is 23.7 Å². The monoisotopic (exact) mass is 309 g/mol. The maximum Gasteiger partial charge on any atom is 0.274 e. The highest BCUT2D eigenvalue weighted by Gasteiger charge is 2.13. The first-order chi connectivity index (χ1) is 10.1. The molecule has 5 nitrogen and oxygen atoms in total. The van der Waals surface area contributed by atoms with Gasteiger partial charge in [-0.15, -0.1) is 0 Å². The van der Waals surface area contributed by atoms with Crippen molar-refractivity contribution in [2.45, 2.75) is 13.0 Å². The van der Waals surface area contributed by atoms with Crippen molar-refractivity contribution in [2.75, 3.05) is 6.54 Å². The fourth-order valence-corrected chi connectivity index (χ4v) is 2.00. The van der Waals surface area contributed by atoms with Crippen LogP contribution < -0.4 is 5.32 Å². The molecule has 1 N–H and O–H groups in total. The van der Waals surface area contributed by atoms with Crippen molar-refractivity contribution in [3.05, 3.63) is 68.7 Å². The van der Waals surface area contributed by atoms with Crippen LogP contribution in [0.2, 0.25) is 5.15 Å². The van der Waals surface area contributed by atoms with E-state index in [1.54, 1.807) is 12.3 Å². The molecule has 110 valence electrons. The number of pyridine rings is 1. The summed E-state index contributed by atoms with van der Waals surface area (Å²) in [6.45, 7) is 0.825. The minimum absolute atomic E-state index is 0.0861. The number of hydrogen-bond acceptors (Lipinski definition) is 4. The number of aromatic nitrogens is 1. The first-order valence-electron chi connectivity index (χ1n) is 6.30. The van der Waals surface area contributed by atoms with Crippen molar-refractivity contribution in [2.24, 2.45) is 0 Å². The van der Waals surface area contributed by atoms with Crippen LogP contribution in [0.25, 0.3) is 0 Å². The van der Waals surface area contributed by atoms with E-state index in [9.17, 15) is 14.5 Å². The summed E-state index contributed by atoms with van der Waals surface area (Å²) in [5, 5.41) is 14.3. The molecule has 0 bridgehead atoms. The molecule has 21 heavy (non-hydrogen) atoms. The van der Waals surface area contributed by atoms with Gasteiger partial charge in [0.1, 0.15) is 11.0 Å². The van der Waals surface area contributed by atoms with Crippen LogP contribution in [-0.2, 0) is 13.0 Å². The third-order valence-electron chi connectivity index (χ3n) is 2.93. The molecule has 0 aliphatic heterocycles. The second kappa shape index (κ2) is 7.10. The summed E-state index contributed by atoms with van der Waals surface area (Å²) in [6.07, 6.45) is 2.38. The van der Waals surface area contributed by atoms with Crippen LogP contribution in [0.1, 0.15) is 11.1 Å². The average molecular weight is 310 g/mol. The highest BCUT2D eigenvalue weighted by Crippen LogP contribution is 2.19. The largest absolute Gasteiger partial charge is 0.312 e. The van der Waals surface area contributed by atoms with Gasteiger partial charge in [-0.2, -0.15) is 0 Å². The molecule has 0 fully saturated rings. The zero-order chi connectivity index (χ0) is 15.2. The molecular weight excluding hydrogens is 297 g/mol. The second-order valence-electron chi connectivity index (χ2n) is 4.45. The maximum atomic E-state index is 13.2. The van der Waals surface area contributed by atoms with E-state index >= 15 is 0 Å². The number of benzene rings is 1. The summed E-state index contributed by atoms with van der Waals surface area (Å²) in [6, 6.07) is 7.00. The van der Waals surface area contributed by atoms with Gasteiger partial charge in [0.25, 0.3) is 5.69 Å². The highest BCUT2D eigenvalue weighted by atomic mass is 35.5. The molecule has 0 saturated carbocycles. The molecule has 0 saturated heterocycles. The van der Waals surface area contributed by atoms with Crippen LogP contribution in [0.5, 0.6) is 0 Å². The third kappa shape index (κ3) is 4.47. The molecule has 0 amide bonds. The number of hydrogen-bond donors (Lipinski definition) is 1. The predicted molar refractivity (Wildman–Crippen MR) is 77.7 cm³/mol. The lowest BCUT2D eigenvalue weighted by molar-refractivity contribution is -0.385. The molecule has 0 atom stereocenters. The van der Waals surface area contributed by atoms with Crippen molar-refractivity contribution in [1.29, 1.82) is 0 Å². The molecule has 2 rings (SSSR count). The van der Waals surface area contributed by atoms with Gasteiger partial charge in [0.05, 0.1) is 4.92 Å². The van der Waals surface area contributed by atoms with Crippen molar-refractivity contribution < 1.29 is 9.31 Å². The molecule has 0 unspecified atom stereocenters. The Labute approximate surface area is 125 Å².